The van der Waals surface area contributed by atoms with Gasteiger partial charge in [-0.25, -0.2) is 0 Å². The Morgan fingerprint density at radius 3 is 2.71 bits per heavy atom. The van der Waals surface area contributed by atoms with Crippen molar-refractivity contribution in [3.63, 3.8) is 0 Å². The van der Waals surface area contributed by atoms with Gasteiger partial charge in [0.25, 0.3) is 5.91 Å². The van der Waals surface area contributed by atoms with Crippen molar-refractivity contribution in [2.75, 3.05) is 6.61 Å². The molecule has 1 aromatic carbocycles. The van der Waals surface area contributed by atoms with E-state index in [-0.39, 0.29) is 18.6 Å². The van der Waals surface area contributed by atoms with Crippen LogP contribution >= 0.6 is 0 Å². The fourth-order valence-corrected chi connectivity index (χ4v) is 2.29. The first-order valence-corrected chi connectivity index (χ1v) is 7.14. The molecule has 1 atom stereocenters. The summed E-state index contributed by atoms with van der Waals surface area (Å²) in [7, 11) is 0. The number of amides is 1. The highest BCUT2D eigenvalue weighted by molar-refractivity contribution is 5.92. The average Bonchev–Trinajstić information content (AvgIpc) is 2.88. The minimum atomic E-state index is -0.305. The standard InChI is InChI=1S/C16H21N3O2/c1-3-19-15(9-12(2)18-19)16(21)17-14(11-20)10-13-7-5-4-6-8-13/h4-9,14,20H,3,10-11H2,1-2H3,(H,17,21). The van der Waals surface area contributed by atoms with Crippen LogP contribution in [0.15, 0.2) is 36.4 Å². The smallest absolute Gasteiger partial charge is 0.269 e. The quantitative estimate of drug-likeness (QED) is 0.847. The summed E-state index contributed by atoms with van der Waals surface area (Å²) < 4.78 is 1.67. The molecule has 5 nitrogen and oxygen atoms in total. The van der Waals surface area contributed by atoms with E-state index in [0.29, 0.717) is 18.7 Å². The Hall–Kier alpha value is -2.14. The largest absolute Gasteiger partial charge is 0.394 e. The number of rotatable bonds is 6. The van der Waals surface area contributed by atoms with Gasteiger partial charge in [0.05, 0.1) is 18.3 Å². The summed E-state index contributed by atoms with van der Waals surface area (Å²) in [6.45, 7) is 4.34. The van der Waals surface area contributed by atoms with Gasteiger partial charge in [-0.15, -0.1) is 0 Å². The summed E-state index contributed by atoms with van der Waals surface area (Å²) >= 11 is 0. The van der Waals surface area contributed by atoms with Gasteiger partial charge in [-0.3, -0.25) is 9.48 Å². The van der Waals surface area contributed by atoms with Crippen molar-refractivity contribution in [2.45, 2.75) is 32.9 Å². The second kappa shape index (κ2) is 7.04. The van der Waals surface area contributed by atoms with Crippen LogP contribution < -0.4 is 5.32 Å². The Balaban J connectivity index is 2.05. The molecule has 2 N–H and O–H groups in total. The van der Waals surface area contributed by atoms with E-state index >= 15 is 0 Å². The highest BCUT2D eigenvalue weighted by Crippen LogP contribution is 2.07. The lowest BCUT2D eigenvalue weighted by molar-refractivity contribution is 0.0905. The van der Waals surface area contributed by atoms with Gasteiger partial charge < -0.3 is 10.4 Å². The molecule has 112 valence electrons. The van der Waals surface area contributed by atoms with E-state index in [4.69, 9.17) is 0 Å². The molecule has 0 bridgehead atoms. The maximum Gasteiger partial charge on any atom is 0.269 e. The topological polar surface area (TPSA) is 67.2 Å². The van der Waals surface area contributed by atoms with E-state index in [9.17, 15) is 9.90 Å². The molecule has 1 aromatic heterocycles. The van der Waals surface area contributed by atoms with Gasteiger partial charge >= 0.3 is 0 Å². The van der Waals surface area contributed by atoms with E-state index in [1.165, 1.54) is 0 Å². The van der Waals surface area contributed by atoms with Crippen LogP contribution in [0.25, 0.3) is 0 Å². The average molecular weight is 287 g/mol. The van der Waals surface area contributed by atoms with Gasteiger partial charge in [0, 0.05) is 6.54 Å². The monoisotopic (exact) mass is 287 g/mol. The van der Waals surface area contributed by atoms with Crippen molar-refractivity contribution in [2.24, 2.45) is 0 Å². The molecule has 0 fully saturated rings. The van der Waals surface area contributed by atoms with Crippen molar-refractivity contribution < 1.29 is 9.90 Å². The molecule has 1 heterocycles. The Bertz CT molecular complexity index is 593. The number of carbonyl (C=O) groups is 1. The summed E-state index contributed by atoms with van der Waals surface area (Å²) in [4.78, 5) is 12.3. The van der Waals surface area contributed by atoms with Crippen LogP contribution in [0.3, 0.4) is 0 Å². The van der Waals surface area contributed by atoms with Crippen molar-refractivity contribution in [3.05, 3.63) is 53.3 Å². The lowest BCUT2D eigenvalue weighted by Gasteiger charge is -2.16. The summed E-state index contributed by atoms with van der Waals surface area (Å²) in [5.41, 5.74) is 2.42. The highest BCUT2D eigenvalue weighted by atomic mass is 16.3. The number of benzene rings is 1. The zero-order valence-corrected chi connectivity index (χ0v) is 12.4. The number of aliphatic hydroxyl groups excluding tert-OH is 1. The molecule has 21 heavy (non-hydrogen) atoms. The second-order valence-corrected chi connectivity index (χ2v) is 5.03. The number of hydrogen-bond acceptors (Lipinski definition) is 3. The summed E-state index contributed by atoms with van der Waals surface area (Å²) in [6.07, 6.45) is 0.600. The lowest BCUT2D eigenvalue weighted by Crippen LogP contribution is -2.40. The predicted octanol–water partition coefficient (Wildman–Crippen LogP) is 1.54. The normalized spacial score (nSPS) is 12.1. The molecule has 0 aliphatic carbocycles. The third-order valence-corrected chi connectivity index (χ3v) is 3.31. The highest BCUT2D eigenvalue weighted by Gasteiger charge is 2.17. The molecule has 2 rings (SSSR count). The van der Waals surface area contributed by atoms with Crippen molar-refractivity contribution in [1.82, 2.24) is 15.1 Å². The minimum Gasteiger partial charge on any atom is -0.394 e. The van der Waals surface area contributed by atoms with Crippen molar-refractivity contribution in [3.8, 4) is 0 Å². The Morgan fingerprint density at radius 1 is 1.38 bits per heavy atom. The van der Waals surface area contributed by atoms with Gasteiger partial charge in [0.2, 0.25) is 0 Å². The van der Waals surface area contributed by atoms with Crippen LogP contribution in [0.2, 0.25) is 0 Å². The number of hydrogen-bond donors (Lipinski definition) is 2. The van der Waals surface area contributed by atoms with Gasteiger partial charge in [-0.2, -0.15) is 5.10 Å². The van der Waals surface area contributed by atoms with Crippen molar-refractivity contribution >= 4 is 5.91 Å². The molecule has 0 saturated heterocycles. The van der Waals surface area contributed by atoms with Gasteiger partial charge in [0.1, 0.15) is 5.69 Å². The van der Waals surface area contributed by atoms with Gasteiger partial charge in [-0.05, 0) is 31.9 Å². The van der Waals surface area contributed by atoms with E-state index in [1.807, 2.05) is 44.2 Å². The number of aromatic nitrogens is 2. The maximum atomic E-state index is 12.3. The fourth-order valence-electron chi connectivity index (χ4n) is 2.29. The molecule has 1 amide bonds. The summed E-state index contributed by atoms with van der Waals surface area (Å²) in [5.74, 6) is -0.201. The number of nitrogens with zero attached hydrogens (tertiary/aromatic N) is 2. The van der Waals surface area contributed by atoms with Crippen LogP contribution in [-0.4, -0.2) is 33.4 Å². The zero-order valence-electron chi connectivity index (χ0n) is 12.4. The molecular formula is C16H21N3O2. The molecule has 0 aliphatic rings. The first kappa shape index (κ1) is 15.3. The van der Waals surface area contributed by atoms with E-state index in [2.05, 4.69) is 10.4 Å². The van der Waals surface area contributed by atoms with Crippen LogP contribution in [0.5, 0.6) is 0 Å². The van der Waals surface area contributed by atoms with Crippen LogP contribution in [-0.2, 0) is 13.0 Å². The summed E-state index contributed by atoms with van der Waals surface area (Å²) in [5, 5.41) is 16.6. The number of aryl methyl sites for hydroxylation is 2. The first-order valence-electron chi connectivity index (χ1n) is 7.14. The maximum absolute atomic E-state index is 12.3. The third kappa shape index (κ3) is 3.92. The molecule has 2 aromatic rings. The lowest BCUT2D eigenvalue weighted by atomic mass is 10.1. The predicted molar refractivity (Wildman–Crippen MR) is 81.1 cm³/mol. The Labute approximate surface area is 124 Å². The SMILES string of the molecule is CCn1nc(C)cc1C(=O)NC(CO)Cc1ccccc1. The summed E-state index contributed by atoms with van der Waals surface area (Å²) in [6, 6.07) is 11.3. The van der Waals surface area contributed by atoms with Gasteiger partial charge in [0.15, 0.2) is 0 Å². The van der Waals surface area contributed by atoms with Crippen LogP contribution in [0, 0.1) is 6.92 Å². The van der Waals surface area contributed by atoms with E-state index in [1.54, 1.807) is 10.7 Å². The number of carbonyl (C=O) groups excluding carboxylic acids is 1. The molecule has 0 saturated carbocycles. The zero-order chi connectivity index (χ0) is 15.2. The number of aliphatic hydroxyl groups is 1. The molecular weight excluding hydrogens is 266 g/mol. The molecule has 0 spiro atoms. The molecule has 5 heteroatoms. The molecule has 0 aliphatic heterocycles. The third-order valence-electron chi connectivity index (χ3n) is 3.31. The molecule has 0 radical (unpaired) electrons. The minimum absolute atomic E-state index is 0.0973. The van der Waals surface area contributed by atoms with Crippen molar-refractivity contribution in [1.29, 1.82) is 0 Å². The van der Waals surface area contributed by atoms with Gasteiger partial charge in [-0.1, -0.05) is 30.3 Å². The van der Waals surface area contributed by atoms with E-state index < -0.39 is 0 Å². The van der Waals surface area contributed by atoms with Crippen LogP contribution in [0.1, 0.15) is 28.7 Å². The number of nitrogens with one attached hydrogen (secondary N) is 1. The van der Waals surface area contributed by atoms with Crippen LogP contribution in [0.4, 0.5) is 0 Å². The Kier molecular flexibility index (Phi) is 5.11. The first-order chi connectivity index (χ1) is 10.1. The second-order valence-electron chi connectivity index (χ2n) is 5.03. The fraction of sp³-hybridized carbons (Fsp3) is 0.375. The molecule has 1 unspecified atom stereocenters. The van der Waals surface area contributed by atoms with E-state index in [0.717, 1.165) is 11.3 Å². The Morgan fingerprint density at radius 2 is 2.10 bits per heavy atom.